The Morgan fingerprint density at radius 1 is 1.36 bits per heavy atom. The Hall–Kier alpha value is 0.01000. The van der Waals surface area contributed by atoms with Gasteiger partial charge in [-0.1, -0.05) is 11.6 Å². The summed E-state index contributed by atoms with van der Waals surface area (Å²) in [5.74, 6) is 0. The molecule has 0 saturated carbocycles. The molecule has 1 heterocycles. The van der Waals surface area contributed by atoms with E-state index in [9.17, 15) is 22.8 Å². The molecule has 3 nitrogen and oxygen atoms in total. The van der Waals surface area contributed by atoms with Crippen LogP contribution < -0.4 is 4.72 Å². The molecule has 0 spiro atoms. The predicted molar refractivity (Wildman–Crippen MR) is 84.4 cm³/mol. The van der Waals surface area contributed by atoms with Crippen molar-refractivity contribution in [2.45, 2.75) is 56.7 Å². The van der Waals surface area contributed by atoms with Crippen LogP contribution in [0.25, 0.3) is 0 Å². The maximum absolute atomic E-state index is 12.7. The Kier molecular flexibility index (Phi) is 6.26. The first kappa shape index (κ1) is 20.1. The molecule has 1 aromatic rings. The van der Waals surface area contributed by atoms with Gasteiger partial charge >= 0.3 is 6.18 Å². The zero-order valence-electron chi connectivity index (χ0n) is 12.6. The number of aliphatic hydroxyl groups is 1. The average molecular weight is 378 g/mol. The first-order valence-corrected chi connectivity index (χ1v) is 8.86. The third kappa shape index (κ3) is 5.01. The van der Waals surface area contributed by atoms with E-state index in [0.29, 0.717) is 4.88 Å². The standard InChI is InChI=1S/C13H19ClF3NO2S2/c1-11(2,3)22(20)18-12(4,7-9(19)13(15,16)17)10-8(14)5-6-21-10/h5-6,9,18-19H,7H2,1-4H3/t9-,12-,22?/m0/s1. The molecule has 3 atom stereocenters. The van der Waals surface area contributed by atoms with E-state index < -0.39 is 40.3 Å². The second-order valence-corrected chi connectivity index (χ2v) is 9.46. The van der Waals surface area contributed by atoms with Gasteiger partial charge in [0.2, 0.25) is 0 Å². The Labute approximate surface area is 140 Å². The van der Waals surface area contributed by atoms with Gasteiger partial charge in [-0.3, -0.25) is 0 Å². The van der Waals surface area contributed by atoms with Crippen LogP contribution in [0.1, 0.15) is 39.0 Å². The van der Waals surface area contributed by atoms with Gasteiger partial charge < -0.3 is 9.66 Å². The molecule has 0 bridgehead atoms. The number of aliphatic hydroxyl groups excluding tert-OH is 1. The maximum atomic E-state index is 12.7. The number of rotatable bonds is 5. The molecule has 128 valence electrons. The lowest BCUT2D eigenvalue weighted by Crippen LogP contribution is -2.52. The van der Waals surface area contributed by atoms with Crippen molar-refractivity contribution in [3.05, 3.63) is 21.3 Å². The zero-order chi connectivity index (χ0) is 17.3. The number of alkyl halides is 3. The fraction of sp³-hybridized carbons (Fsp3) is 0.692. The van der Waals surface area contributed by atoms with E-state index in [2.05, 4.69) is 4.72 Å². The molecule has 0 aliphatic heterocycles. The van der Waals surface area contributed by atoms with Crippen molar-refractivity contribution in [1.82, 2.24) is 4.72 Å². The van der Waals surface area contributed by atoms with E-state index >= 15 is 0 Å². The topological polar surface area (TPSA) is 55.3 Å². The summed E-state index contributed by atoms with van der Waals surface area (Å²) in [7, 11) is 0. The first-order valence-electron chi connectivity index (χ1n) is 6.45. The maximum Gasteiger partial charge on any atom is 0.414 e. The summed E-state index contributed by atoms with van der Waals surface area (Å²) in [6.45, 7) is 6.57. The van der Waals surface area contributed by atoms with Gasteiger partial charge in [-0.15, -0.1) is 16.1 Å². The highest BCUT2D eigenvalue weighted by Crippen LogP contribution is 2.40. The first-order chi connectivity index (χ1) is 9.77. The molecule has 22 heavy (non-hydrogen) atoms. The molecule has 9 heteroatoms. The Bertz CT molecular complexity index is 480. The molecule has 0 amide bonds. The molecular formula is C13H19ClF3NO2S2. The van der Waals surface area contributed by atoms with Gasteiger partial charge in [-0.05, 0) is 39.1 Å². The summed E-state index contributed by atoms with van der Waals surface area (Å²) in [4.78, 5) is 0.412. The van der Waals surface area contributed by atoms with Gasteiger partial charge in [0.15, 0.2) is 6.10 Å². The summed E-state index contributed by atoms with van der Waals surface area (Å²) in [5, 5.41) is 11.3. The monoisotopic (exact) mass is 377 g/mol. The van der Waals surface area contributed by atoms with Crippen molar-refractivity contribution >= 4 is 34.3 Å². The van der Waals surface area contributed by atoms with Crippen LogP contribution in [0.3, 0.4) is 0 Å². The number of hydrogen-bond donors (Lipinski definition) is 2. The molecule has 0 aliphatic carbocycles. The van der Waals surface area contributed by atoms with E-state index in [1.165, 1.54) is 6.92 Å². The fourth-order valence-electron chi connectivity index (χ4n) is 1.73. The zero-order valence-corrected chi connectivity index (χ0v) is 15.0. The lowest BCUT2D eigenvalue weighted by atomic mass is 9.93. The highest BCUT2D eigenvalue weighted by atomic mass is 35.5. The van der Waals surface area contributed by atoms with Crippen molar-refractivity contribution in [2.24, 2.45) is 0 Å². The molecule has 0 aromatic carbocycles. The van der Waals surface area contributed by atoms with Crippen LogP contribution in [0.4, 0.5) is 13.2 Å². The summed E-state index contributed by atoms with van der Waals surface area (Å²) >= 11 is 5.56. The molecule has 2 N–H and O–H groups in total. The molecule has 1 aromatic heterocycles. The third-order valence-electron chi connectivity index (χ3n) is 2.97. The second kappa shape index (κ2) is 6.86. The molecule has 0 radical (unpaired) electrons. The van der Waals surface area contributed by atoms with Gasteiger partial charge in [0, 0.05) is 22.7 Å². The predicted octanol–water partition coefficient (Wildman–Crippen LogP) is 3.98. The number of hydrogen-bond acceptors (Lipinski definition) is 4. The summed E-state index contributed by atoms with van der Waals surface area (Å²) in [6.07, 6.45) is -7.98. The van der Waals surface area contributed by atoms with Crippen LogP contribution in [0.2, 0.25) is 5.02 Å². The van der Waals surface area contributed by atoms with Crippen molar-refractivity contribution in [2.75, 3.05) is 0 Å². The summed E-state index contributed by atoms with van der Waals surface area (Å²) in [6, 6.07) is 1.56. The molecular weight excluding hydrogens is 359 g/mol. The van der Waals surface area contributed by atoms with E-state index in [0.717, 1.165) is 11.3 Å². The van der Waals surface area contributed by atoms with Crippen LogP contribution in [-0.2, 0) is 16.9 Å². The smallest absolute Gasteiger partial charge is 0.414 e. The summed E-state index contributed by atoms with van der Waals surface area (Å²) in [5.41, 5.74) is -1.36. The van der Waals surface area contributed by atoms with E-state index in [1.54, 1.807) is 32.2 Å². The van der Waals surface area contributed by atoms with Crippen LogP contribution in [0.5, 0.6) is 0 Å². The van der Waals surface area contributed by atoms with Gasteiger partial charge in [0.1, 0.15) is 4.75 Å². The number of halogens is 4. The van der Waals surface area contributed by atoms with Crippen molar-refractivity contribution in [3.63, 3.8) is 0 Å². The Morgan fingerprint density at radius 3 is 2.27 bits per heavy atom. The van der Waals surface area contributed by atoms with Crippen LogP contribution in [-0.4, -0.2) is 26.7 Å². The quantitative estimate of drug-likeness (QED) is 0.763. The fourth-order valence-corrected chi connectivity index (χ4v) is 4.09. The van der Waals surface area contributed by atoms with Crippen molar-refractivity contribution in [3.8, 4) is 0 Å². The normalized spacial score (nSPS) is 18.8. The average Bonchev–Trinajstić information content (AvgIpc) is 2.73. The van der Waals surface area contributed by atoms with Gasteiger partial charge in [0.05, 0.1) is 10.6 Å². The highest BCUT2D eigenvalue weighted by molar-refractivity contribution is 7.90. The third-order valence-corrected chi connectivity index (χ3v) is 6.33. The minimum absolute atomic E-state index is 0.278. The SMILES string of the molecule is CC(C)(C)[S+]([O-])N[C@@](C)(C[C@H](O)C(F)(F)F)c1sccc1Cl. The van der Waals surface area contributed by atoms with E-state index in [4.69, 9.17) is 11.6 Å². The Morgan fingerprint density at radius 2 is 1.91 bits per heavy atom. The molecule has 1 unspecified atom stereocenters. The number of thiophene rings is 1. The lowest BCUT2D eigenvalue weighted by molar-refractivity contribution is -0.209. The van der Waals surface area contributed by atoms with Gasteiger partial charge in [-0.2, -0.15) is 13.2 Å². The summed E-state index contributed by atoms with van der Waals surface area (Å²) < 4.78 is 52.5. The minimum atomic E-state index is -4.75. The number of nitrogens with one attached hydrogen (secondary N) is 1. The second-order valence-electron chi connectivity index (χ2n) is 6.17. The van der Waals surface area contributed by atoms with Crippen LogP contribution in [0.15, 0.2) is 11.4 Å². The molecule has 0 fully saturated rings. The highest BCUT2D eigenvalue weighted by Gasteiger charge is 2.47. The van der Waals surface area contributed by atoms with Crippen molar-refractivity contribution in [1.29, 1.82) is 0 Å². The molecule has 0 aliphatic rings. The molecule has 0 saturated heterocycles. The van der Waals surface area contributed by atoms with Crippen molar-refractivity contribution < 1.29 is 22.8 Å². The largest absolute Gasteiger partial charge is 0.598 e. The van der Waals surface area contributed by atoms with Crippen LogP contribution in [0, 0.1) is 0 Å². The van der Waals surface area contributed by atoms with Crippen LogP contribution >= 0.6 is 22.9 Å². The Balaban J connectivity index is 3.14. The van der Waals surface area contributed by atoms with E-state index in [-0.39, 0.29) is 5.02 Å². The van der Waals surface area contributed by atoms with Gasteiger partial charge in [0.25, 0.3) is 0 Å². The lowest BCUT2D eigenvalue weighted by Gasteiger charge is -2.36. The molecule has 1 rings (SSSR count). The van der Waals surface area contributed by atoms with Gasteiger partial charge in [-0.25, -0.2) is 0 Å². The van der Waals surface area contributed by atoms with E-state index in [1.807, 2.05) is 0 Å². The minimum Gasteiger partial charge on any atom is -0.598 e.